The molecule has 1 unspecified atom stereocenters. The van der Waals surface area contributed by atoms with Crippen molar-refractivity contribution in [2.45, 2.75) is 11.8 Å². The number of hydrogen-bond donors (Lipinski definition) is 0. The lowest BCUT2D eigenvalue weighted by atomic mass is 10.2. The minimum absolute atomic E-state index is 0.184. The van der Waals surface area contributed by atoms with E-state index < -0.39 is 0 Å². The Bertz CT molecular complexity index is 456. The summed E-state index contributed by atoms with van der Waals surface area (Å²) in [4.78, 5) is 12.1. The summed E-state index contributed by atoms with van der Waals surface area (Å²) in [6, 6.07) is 7.13. The Kier molecular flexibility index (Phi) is 5.33. The van der Waals surface area contributed by atoms with Crippen molar-refractivity contribution in [2.75, 3.05) is 12.9 Å². The van der Waals surface area contributed by atoms with Crippen LogP contribution >= 0.6 is 23.4 Å². The quantitative estimate of drug-likeness (QED) is 0.622. The highest BCUT2D eigenvalue weighted by atomic mass is 35.5. The number of carbonyl (C=O) groups is 1. The van der Waals surface area contributed by atoms with Crippen LogP contribution in [0.15, 0.2) is 23.1 Å². The van der Waals surface area contributed by atoms with Gasteiger partial charge in [-0.05, 0) is 18.2 Å². The first-order valence-corrected chi connectivity index (χ1v) is 6.35. The number of rotatable bonds is 4. The fourth-order valence-corrected chi connectivity index (χ4v) is 2.44. The number of nitrogens with zero attached hydrogens (tertiary/aromatic N) is 1. The van der Waals surface area contributed by atoms with Gasteiger partial charge in [-0.1, -0.05) is 18.5 Å². The first-order valence-electron chi connectivity index (χ1n) is 4.98. The van der Waals surface area contributed by atoms with Gasteiger partial charge in [0.15, 0.2) is 0 Å². The molecule has 0 N–H and O–H groups in total. The fraction of sp³-hybridized carbons (Fsp3) is 0.333. The Morgan fingerprint density at radius 1 is 1.65 bits per heavy atom. The van der Waals surface area contributed by atoms with Crippen molar-refractivity contribution < 1.29 is 9.53 Å². The first-order chi connectivity index (χ1) is 8.08. The standard InChI is InChI=1S/C12H12ClNO2S/c1-8(12(15)16-2)7-17-11-4-3-9(6-14)5-10(11)13/h3-5,8H,7H2,1-2H3. The van der Waals surface area contributed by atoms with Crippen LogP contribution < -0.4 is 0 Å². The molecule has 0 aromatic heterocycles. The van der Waals surface area contributed by atoms with Crippen LogP contribution in [-0.2, 0) is 9.53 Å². The number of methoxy groups -OCH3 is 1. The molecule has 0 aliphatic heterocycles. The van der Waals surface area contributed by atoms with Gasteiger partial charge in [0.2, 0.25) is 0 Å². The van der Waals surface area contributed by atoms with E-state index in [1.807, 2.05) is 6.07 Å². The molecule has 0 bridgehead atoms. The van der Waals surface area contributed by atoms with E-state index in [4.69, 9.17) is 16.9 Å². The number of benzene rings is 1. The summed E-state index contributed by atoms with van der Waals surface area (Å²) in [5.74, 6) is 0.178. The van der Waals surface area contributed by atoms with E-state index in [0.717, 1.165) is 4.90 Å². The zero-order valence-corrected chi connectivity index (χ0v) is 11.1. The van der Waals surface area contributed by atoms with Gasteiger partial charge in [0, 0.05) is 10.6 Å². The molecule has 0 spiro atoms. The molecule has 0 amide bonds. The van der Waals surface area contributed by atoms with Gasteiger partial charge < -0.3 is 4.74 Å². The number of thioether (sulfide) groups is 1. The molecule has 0 aliphatic carbocycles. The third-order valence-corrected chi connectivity index (χ3v) is 3.91. The SMILES string of the molecule is COC(=O)C(C)CSc1ccc(C#N)cc1Cl. The van der Waals surface area contributed by atoms with Crippen molar-refractivity contribution in [2.24, 2.45) is 5.92 Å². The fourth-order valence-electron chi connectivity index (χ4n) is 1.17. The van der Waals surface area contributed by atoms with E-state index in [-0.39, 0.29) is 11.9 Å². The van der Waals surface area contributed by atoms with Gasteiger partial charge in [0.05, 0.1) is 29.7 Å². The van der Waals surface area contributed by atoms with Crippen LogP contribution in [0, 0.1) is 17.2 Å². The molecule has 3 nitrogen and oxygen atoms in total. The molecule has 0 saturated carbocycles. The number of halogens is 1. The van der Waals surface area contributed by atoms with Crippen LogP contribution in [0.25, 0.3) is 0 Å². The molecule has 90 valence electrons. The van der Waals surface area contributed by atoms with Crippen molar-refractivity contribution in [3.63, 3.8) is 0 Å². The minimum atomic E-state index is -0.234. The Morgan fingerprint density at radius 3 is 2.88 bits per heavy atom. The number of ether oxygens (including phenoxy) is 1. The van der Waals surface area contributed by atoms with Gasteiger partial charge in [-0.25, -0.2) is 0 Å². The second-order valence-corrected chi connectivity index (χ2v) is 4.96. The van der Waals surface area contributed by atoms with Crippen LogP contribution in [-0.4, -0.2) is 18.8 Å². The smallest absolute Gasteiger partial charge is 0.309 e. The van der Waals surface area contributed by atoms with Crippen LogP contribution in [0.4, 0.5) is 0 Å². The lowest BCUT2D eigenvalue weighted by Gasteiger charge is -2.09. The van der Waals surface area contributed by atoms with Crippen LogP contribution in [0.3, 0.4) is 0 Å². The largest absolute Gasteiger partial charge is 0.469 e. The summed E-state index contributed by atoms with van der Waals surface area (Å²) in [7, 11) is 1.37. The molecule has 1 atom stereocenters. The van der Waals surface area contributed by atoms with Crippen molar-refractivity contribution in [1.29, 1.82) is 5.26 Å². The van der Waals surface area contributed by atoms with Gasteiger partial charge in [-0.2, -0.15) is 5.26 Å². The second-order valence-electron chi connectivity index (χ2n) is 3.49. The topological polar surface area (TPSA) is 50.1 Å². The van der Waals surface area contributed by atoms with Crippen molar-refractivity contribution in [3.05, 3.63) is 28.8 Å². The van der Waals surface area contributed by atoms with E-state index in [1.165, 1.54) is 18.9 Å². The van der Waals surface area contributed by atoms with E-state index in [2.05, 4.69) is 4.74 Å². The Balaban J connectivity index is 2.64. The summed E-state index contributed by atoms with van der Waals surface area (Å²) >= 11 is 7.49. The van der Waals surface area contributed by atoms with Crippen molar-refractivity contribution in [3.8, 4) is 6.07 Å². The van der Waals surface area contributed by atoms with Crippen LogP contribution in [0.5, 0.6) is 0 Å². The molecule has 0 aliphatic rings. The highest BCUT2D eigenvalue weighted by Crippen LogP contribution is 2.29. The Morgan fingerprint density at radius 2 is 2.35 bits per heavy atom. The minimum Gasteiger partial charge on any atom is -0.469 e. The number of hydrogen-bond acceptors (Lipinski definition) is 4. The number of nitriles is 1. The van der Waals surface area contributed by atoms with Crippen LogP contribution in [0.2, 0.25) is 5.02 Å². The molecule has 0 fully saturated rings. The highest BCUT2D eigenvalue weighted by Gasteiger charge is 2.14. The third kappa shape index (κ3) is 3.95. The molecule has 0 radical (unpaired) electrons. The van der Waals surface area contributed by atoms with Crippen molar-refractivity contribution in [1.82, 2.24) is 0 Å². The maximum atomic E-state index is 11.2. The molecule has 1 rings (SSSR count). The average molecular weight is 270 g/mol. The van der Waals surface area contributed by atoms with Gasteiger partial charge in [0.1, 0.15) is 0 Å². The maximum Gasteiger partial charge on any atom is 0.309 e. The van der Waals surface area contributed by atoms with E-state index in [0.29, 0.717) is 16.3 Å². The number of carbonyl (C=O) groups excluding carboxylic acids is 1. The zero-order valence-electron chi connectivity index (χ0n) is 9.57. The summed E-state index contributed by atoms with van der Waals surface area (Å²) in [5, 5.41) is 9.23. The molecule has 17 heavy (non-hydrogen) atoms. The van der Waals surface area contributed by atoms with E-state index in [9.17, 15) is 4.79 Å². The maximum absolute atomic E-state index is 11.2. The van der Waals surface area contributed by atoms with Gasteiger partial charge in [-0.15, -0.1) is 11.8 Å². The summed E-state index contributed by atoms with van der Waals surface area (Å²) < 4.78 is 4.64. The lowest BCUT2D eigenvalue weighted by molar-refractivity contribution is -0.143. The van der Waals surface area contributed by atoms with Gasteiger partial charge >= 0.3 is 5.97 Å². The Hall–Kier alpha value is -1.18. The van der Waals surface area contributed by atoms with Crippen LogP contribution in [0.1, 0.15) is 12.5 Å². The lowest BCUT2D eigenvalue weighted by Crippen LogP contribution is -2.14. The van der Waals surface area contributed by atoms with Gasteiger partial charge in [-0.3, -0.25) is 4.79 Å². The molecular formula is C12H12ClNO2S. The summed E-state index contributed by atoms with van der Waals surface area (Å²) in [5.41, 5.74) is 0.528. The molecule has 5 heteroatoms. The highest BCUT2D eigenvalue weighted by molar-refractivity contribution is 7.99. The van der Waals surface area contributed by atoms with E-state index in [1.54, 1.807) is 25.1 Å². The second kappa shape index (κ2) is 6.53. The molecule has 0 heterocycles. The first kappa shape index (κ1) is 13.9. The predicted octanol–water partition coefficient (Wildman–Crippen LogP) is 3.11. The molecule has 1 aromatic carbocycles. The molecule has 1 aromatic rings. The average Bonchev–Trinajstić information content (AvgIpc) is 2.35. The predicted molar refractivity (Wildman–Crippen MR) is 68.1 cm³/mol. The third-order valence-electron chi connectivity index (χ3n) is 2.15. The molecule has 0 saturated heterocycles. The monoisotopic (exact) mass is 269 g/mol. The van der Waals surface area contributed by atoms with Gasteiger partial charge in [0.25, 0.3) is 0 Å². The number of esters is 1. The molecular weight excluding hydrogens is 258 g/mol. The summed E-state index contributed by atoms with van der Waals surface area (Å²) in [6.45, 7) is 1.80. The van der Waals surface area contributed by atoms with E-state index >= 15 is 0 Å². The van der Waals surface area contributed by atoms with Crippen molar-refractivity contribution >= 4 is 29.3 Å². The Labute approximate surface area is 110 Å². The normalized spacial score (nSPS) is 11.6. The zero-order chi connectivity index (χ0) is 12.8. The summed E-state index contributed by atoms with van der Waals surface area (Å²) in [6.07, 6.45) is 0.